The Morgan fingerprint density at radius 1 is 1.38 bits per heavy atom. The first-order valence-corrected chi connectivity index (χ1v) is 9.74. The van der Waals surface area contributed by atoms with E-state index in [1.807, 2.05) is 0 Å². The predicted octanol–water partition coefficient (Wildman–Crippen LogP) is 3.76. The fourth-order valence-corrected chi connectivity index (χ4v) is 5.38. The van der Waals surface area contributed by atoms with Gasteiger partial charge in [-0.3, -0.25) is 0 Å². The summed E-state index contributed by atoms with van der Waals surface area (Å²) in [5.41, 5.74) is 0.0854. The lowest BCUT2D eigenvalue weighted by Gasteiger charge is -2.38. The summed E-state index contributed by atoms with van der Waals surface area (Å²) in [7, 11) is -3.72. The van der Waals surface area contributed by atoms with Crippen molar-refractivity contribution in [3.63, 3.8) is 0 Å². The minimum Gasteiger partial charge on any atom is -0.207 e. The van der Waals surface area contributed by atoms with Gasteiger partial charge in [0.25, 0.3) is 0 Å². The van der Waals surface area contributed by atoms with Crippen LogP contribution in [0.25, 0.3) is 0 Å². The van der Waals surface area contributed by atoms with Gasteiger partial charge in [-0.15, -0.1) is 0 Å². The van der Waals surface area contributed by atoms with Crippen LogP contribution in [0.2, 0.25) is 0 Å². The van der Waals surface area contributed by atoms with Crippen molar-refractivity contribution in [2.24, 2.45) is 5.92 Å². The third-order valence-corrected chi connectivity index (χ3v) is 7.07. The van der Waals surface area contributed by atoms with Crippen LogP contribution >= 0.6 is 15.9 Å². The van der Waals surface area contributed by atoms with E-state index in [2.05, 4.69) is 27.6 Å². The summed E-state index contributed by atoms with van der Waals surface area (Å²) in [5.74, 6) is 0.0868. The quantitative estimate of drug-likeness (QED) is 0.811. The highest BCUT2D eigenvalue weighted by Gasteiger charge is 2.37. The summed E-state index contributed by atoms with van der Waals surface area (Å²) in [5, 5.41) is 0.570. The van der Waals surface area contributed by atoms with Gasteiger partial charge < -0.3 is 0 Å². The Labute approximate surface area is 134 Å². The average Bonchev–Trinajstić information content (AvgIpc) is 2.44. The van der Waals surface area contributed by atoms with E-state index in [1.54, 1.807) is 6.92 Å². The van der Waals surface area contributed by atoms with Crippen LogP contribution in [0.15, 0.2) is 23.1 Å². The number of hydrogen-bond donors (Lipinski definition) is 1. The molecule has 1 fully saturated rings. The Bertz CT molecular complexity index is 610. The molecule has 0 atom stereocenters. The van der Waals surface area contributed by atoms with Gasteiger partial charge in [0.05, 0.1) is 4.90 Å². The largest absolute Gasteiger partial charge is 0.241 e. The maximum atomic E-state index is 13.4. The highest BCUT2D eigenvalue weighted by atomic mass is 79.9. The summed E-state index contributed by atoms with van der Waals surface area (Å²) in [4.78, 5) is 0.0291. The van der Waals surface area contributed by atoms with Crippen LogP contribution in [0.3, 0.4) is 0 Å². The molecule has 21 heavy (non-hydrogen) atoms. The topological polar surface area (TPSA) is 46.2 Å². The highest BCUT2D eigenvalue weighted by Crippen LogP contribution is 2.34. The second kappa shape index (κ2) is 6.34. The molecule has 6 heteroatoms. The fraction of sp³-hybridized carbons (Fsp3) is 0.600. The average molecular weight is 378 g/mol. The molecule has 0 spiro atoms. The van der Waals surface area contributed by atoms with E-state index < -0.39 is 21.4 Å². The van der Waals surface area contributed by atoms with Gasteiger partial charge in [-0.1, -0.05) is 28.9 Å². The van der Waals surface area contributed by atoms with Gasteiger partial charge in [-0.05, 0) is 56.2 Å². The first kappa shape index (κ1) is 16.9. The van der Waals surface area contributed by atoms with E-state index in [9.17, 15) is 12.8 Å². The molecule has 1 saturated carbocycles. The molecule has 3 nitrogen and oxygen atoms in total. The number of nitrogens with one attached hydrogen (secondary N) is 1. The zero-order chi connectivity index (χ0) is 15.7. The molecule has 0 saturated heterocycles. The molecule has 1 aliphatic rings. The Morgan fingerprint density at radius 3 is 2.57 bits per heavy atom. The third kappa shape index (κ3) is 3.85. The molecular weight excluding hydrogens is 357 g/mol. The Hall–Kier alpha value is -0.460. The van der Waals surface area contributed by atoms with Crippen LogP contribution < -0.4 is 4.72 Å². The maximum absolute atomic E-state index is 13.4. The monoisotopic (exact) mass is 377 g/mol. The van der Waals surface area contributed by atoms with Crippen LogP contribution in [0.4, 0.5) is 4.39 Å². The zero-order valence-electron chi connectivity index (χ0n) is 12.3. The van der Waals surface area contributed by atoms with Crippen molar-refractivity contribution in [3.05, 3.63) is 29.6 Å². The molecule has 1 aromatic carbocycles. The molecular formula is C15H21BrFNO2S. The lowest BCUT2D eigenvalue weighted by Crippen LogP contribution is -2.51. The Kier molecular flexibility index (Phi) is 5.11. The molecule has 1 aromatic rings. The minimum absolute atomic E-state index is 0.0291. The van der Waals surface area contributed by atoms with Crippen molar-refractivity contribution >= 4 is 26.0 Å². The van der Waals surface area contributed by atoms with Gasteiger partial charge in [0, 0.05) is 10.9 Å². The molecule has 0 unspecified atom stereocenters. The minimum atomic E-state index is -3.72. The molecule has 0 heterocycles. The summed E-state index contributed by atoms with van der Waals surface area (Å²) in [6.45, 7) is 3.86. The lowest BCUT2D eigenvalue weighted by molar-refractivity contribution is 0.250. The smallest absolute Gasteiger partial charge is 0.207 e. The van der Waals surface area contributed by atoms with Crippen molar-refractivity contribution in [1.82, 2.24) is 4.72 Å². The molecule has 1 aliphatic carbocycles. The van der Waals surface area contributed by atoms with E-state index in [4.69, 9.17) is 0 Å². The fourth-order valence-electron chi connectivity index (χ4n) is 2.78. The number of sulfonamides is 1. The van der Waals surface area contributed by atoms with E-state index >= 15 is 0 Å². The van der Waals surface area contributed by atoms with E-state index in [0.29, 0.717) is 16.8 Å². The van der Waals surface area contributed by atoms with Crippen LogP contribution in [0.1, 0.15) is 38.2 Å². The van der Waals surface area contributed by atoms with Gasteiger partial charge >= 0.3 is 0 Å². The second-order valence-corrected chi connectivity index (χ2v) is 8.32. The first-order chi connectivity index (χ1) is 9.78. The Morgan fingerprint density at radius 2 is 2.00 bits per heavy atom. The summed E-state index contributed by atoms with van der Waals surface area (Å²) >= 11 is 3.45. The molecule has 118 valence electrons. The van der Waals surface area contributed by atoms with Crippen LogP contribution in [-0.2, 0) is 10.0 Å². The summed E-state index contributed by atoms with van der Waals surface area (Å²) in [6.07, 6.45) is 3.59. The van der Waals surface area contributed by atoms with Crippen LogP contribution in [-0.4, -0.2) is 19.3 Å². The van der Waals surface area contributed by atoms with E-state index in [-0.39, 0.29) is 4.90 Å². The Balaban J connectivity index is 2.29. The van der Waals surface area contributed by atoms with Crippen molar-refractivity contribution in [3.8, 4) is 0 Å². The zero-order valence-corrected chi connectivity index (χ0v) is 14.7. The van der Waals surface area contributed by atoms with Crippen LogP contribution in [0.5, 0.6) is 0 Å². The number of aryl methyl sites for hydroxylation is 1. The van der Waals surface area contributed by atoms with Crippen molar-refractivity contribution in [1.29, 1.82) is 0 Å². The van der Waals surface area contributed by atoms with Crippen LogP contribution in [0, 0.1) is 18.7 Å². The summed E-state index contributed by atoms with van der Waals surface area (Å²) < 4.78 is 41.4. The molecule has 0 amide bonds. The van der Waals surface area contributed by atoms with E-state index in [0.717, 1.165) is 31.7 Å². The van der Waals surface area contributed by atoms with Gasteiger partial charge in [0.2, 0.25) is 10.0 Å². The lowest BCUT2D eigenvalue weighted by atomic mass is 9.79. The third-order valence-electron chi connectivity index (χ3n) is 4.28. The molecule has 1 N–H and O–H groups in total. The number of hydrogen-bond acceptors (Lipinski definition) is 2. The van der Waals surface area contributed by atoms with E-state index in [1.165, 1.54) is 12.1 Å². The highest BCUT2D eigenvalue weighted by molar-refractivity contribution is 9.09. The standard InChI is InChI=1S/C15H21BrFNO2S/c1-11-5-7-15(10-16,8-6-11)18-21(19,20)14-9-13(17)4-3-12(14)2/h3-4,9,11,18H,5-8,10H2,1-2H3. The second-order valence-electron chi connectivity index (χ2n) is 6.11. The maximum Gasteiger partial charge on any atom is 0.241 e. The molecule has 0 aliphatic heterocycles. The number of halogens is 2. The summed E-state index contributed by atoms with van der Waals surface area (Å²) in [6, 6.07) is 3.86. The number of benzene rings is 1. The van der Waals surface area contributed by atoms with Crippen molar-refractivity contribution in [2.45, 2.75) is 50.0 Å². The van der Waals surface area contributed by atoms with Gasteiger partial charge in [0.1, 0.15) is 5.82 Å². The number of alkyl halides is 1. The van der Waals surface area contributed by atoms with Gasteiger partial charge in [-0.2, -0.15) is 0 Å². The molecule has 0 aromatic heterocycles. The number of rotatable bonds is 4. The normalized spacial score (nSPS) is 26.8. The SMILES string of the molecule is Cc1ccc(F)cc1S(=O)(=O)NC1(CBr)CCC(C)CC1. The van der Waals surface area contributed by atoms with Gasteiger partial charge in [-0.25, -0.2) is 17.5 Å². The predicted molar refractivity (Wildman–Crippen MR) is 85.6 cm³/mol. The van der Waals surface area contributed by atoms with Crippen molar-refractivity contribution < 1.29 is 12.8 Å². The molecule has 2 rings (SSSR count). The molecule has 0 bridgehead atoms. The van der Waals surface area contributed by atoms with Gasteiger partial charge in [0.15, 0.2) is 0 Å². The molecule has 0 radical (unpaired) electrons. The first-order valence-electron chi connectivity index (χ1n) is 7.14. The van der Waals surface area contributed by atoms with Crippen molar-refractivity contribution in [2.75, 3.05) is 5.33 Å².